The number of rotatable bonds is 4. The SMILES string of the molecule is [C-]#[N+]c1ccc2c(c1)c1c(-n3c4ccccc4c4ccccc43)cccc1n2-c1c(C#N)cccc1-c1cccc(-n2c3ccccc3c3ccccc32)c1. The first-order chi connectivity index (χ1) is 27.2. The van der Waals surface area contributed by atoms with Crippen LogP contribution in [0.4, 0.5) is 5.69 Å². The zero-order chi connectivity index (χ0) is 36.6. The second-order valence-electron chi connectivity index (χ2n) is 13.9. The van der Waals surface area contributed by atoms with E-state index >= 15 is 0 Å². The fraction of sp³-hybridized carbons (Fsp3) is 0. The van der Waals surface area contributed by atoms with E-state index in [1.807, 2.05) is 30.3 Å². The zero-order valence-corrected chi connectivity index (χ0v) is 29.5. The third kappa shape index (κ3) is 4.39. The molecule has 0 saturated carbocycles. The molecule has 11 aromatic rings. The monoisotopic (exact) mass is 699 g/mol. The van der Waals surface area contributed by atoms with E-state index in [4.69, 9.17) is 6.57 Å². The van der Waals surface area contributed by atoms with Gasteiger partial charge in [0.25, 0.3) is 0 Å². The summed E-state index contributed by atoms with van der Waals surface area (Å²) >= 11 is 0. The Morgan fingerprint density at radius 1 is 0.455 bits per heavy atom. The molecule has 0 fully saturated rings. The summed E-state index contributed by atoms with van der Waals surface area (Å²) in [4.78, 5) is 3.86. The van der Waals surface area contributed by atoms with Crippen molar-refractivity contribution in [2.45, 2.75) is 0 Å². The van der Waals surface area contributed by atoms with Gasteiger partial charge in [-0.05, 0) is 77.7 Å². The Bertz CT molecular complexity index is 3360. The van der Waals surface area contributed by atoms with E-state index in [1.54, 1.807) is 0 Å². The van der Waals surface area contributed by atoms with Crippen LogP contribution in [-0.4, -0.2) is 13.7 Å². The van der Waals surface area contributed by atoms with Crippen LogP contribution in [-0.2, 0) is 0 Å². The molecule has 0 N–H and O–H groups in total. The lowest BCUT2D eigenvalue weighted by Crippen LogP contribution is -2.02. The van der Waals surface area contributed by atoms with Crippen molar-refractivity contribution in [3.05, 3.63) is 193 Å². The first-order valence-electron chi connectivity index (χ1n) is 18.3. The largest absolute Gasteiger partial charge is 0.309 e. The number of para-hydroxylation sites is 5. The van der Waals surface area contributed by atoms with Gasteiger partial charge in [-0.25, -0.2) is 4.85 Å². The minimum atomic E-state index is 0.565. The second kappa shape index (κ2) is 11.8. The van der Waals surface area contributed by atoms with Gasteiger partial charge in [0.05, 0.1) is 56.6 Å². The summed E-state index contributed by atoms with van der Waals surface area (Å²) in [5.41, 5.74) is 12.3. The number of hydrogen-bond donors (Lipinski definition) is 0. The molecule has 5 nitrogen and oxygen atoms in total. The second-order valence-corrected chi connectivity index (χ2v) is 13.9. The maximum Gasteiger partial charge on any atom is 0.188 e. The van der Waals surface area contributed by atoms with Crippen molar-refractivity contribution in [3.8, 4) is 34.3 Å². The fourth-order valence-corrected chi connectivity index (χ4v) is 8.84. The summed E-state index contributed by atoms with van der Waals surface area (Å²) in [6, 6.07) is 63.6. The summed E-state index contributed by atoms with van der Waals surface area (Å²) in [7, 11) is 0. The lowest BCUT2D eigenvalue weighted by atomic mass is 9.99. The highest BCUT2D eigenvalue weighted by atomic mass is 15.0. The molecular weight excluding hydrogens is 671 g/mol. The lowest BCUT2D eigenvalue weighted by Gasteiger charge is -2.17. The van der Waals surface area contributed by atoms with Gasteiger partial charge in [-0.15, -0.1) is 0 Å². The molecule has 3 aromatic heterocycles. The van der Waals surface area contributed by atoms with Gasteiger partial charge in [0.2, 0.25) is 0 Å². The number of fused-ring (bicyclic) bond motifs is 9. The van der Waals surface area contributed by atoms with Crippen LogP contribution in [0.2, 0.25) is 0 Å². The average molecular weight is 700 g/mol. The lowest BCUT2D eigenvalue weighted by molar-refractivity contribution is 1.16. The fourth-order valence-electron chi connectivity index (χ4n) is 8.84. The van der Waals surface area contributed by atoms with Crippen LogP contribution in [0.1, 0.15) is 5.56 Å². The number of hydrogen-bond acceptors (Lipinski definition) is 1. The van der Waals surface area contributed by atoms with E-state index in [1.165, 1.54) is 21.5 Å². The van der Waals surface area contributed by atoms with Crippen molar-refractivity contribution in [2.75, 3.05) is 0 Å². The van der Waals surface area contributed by atoms with Crippen LogP contribution in [0.3, 0.4) is 0 Å². The molecule has 0 atom stereocenters. The van der Waals surface area contributed by atoms with Gasteiger partial charge in [-0.2, -0.15) is 5.26 Å². The third-order valence-corrected chi connectivity index (χ3v) is 11.1. The van der Waals surface area contributed by atoms with Crippen LogP contribution in [0.25, 0.3) is 98.5 Å². The molecule has 0 bridgehead atoms. The van der Waals surface area contributed by atoms with Crippen molar-refractivity contribution in [3.63, 3.8) is 0 Å². The van der Waals surface area contributed by atoms with Crippen molar-refractivity contribution in [1.29, 1.82) is 5.26 Å². The molecule has 0 radical (unpaired) electrons. The first-order valence-corrected chi connectivity index (χ1v) is 18.3. The molecule has 0 spiro atoms. The topological polar surface area (TPSA) is 42.9 Å². The molecule has 0 saturated heterocycles. The highest BCUT2D eigenvalue weighted by Crippen LogP contribution is 2.43. The number of aromatic nitrogens is 3. The molecule has 0 amide bonds. The molecule has 0 unspecified atom stereocenters. The Hall–Kier alpha value is -7.86. The van der Waals surface area contributed by atoms with E-state index in [0.717, 1.165) is 72.1 Å². The molecule has 0 aliphatic rings. The Balaban J connectivity index is 1.22. The Morgan fingerprint density at radius 2 is 1.00 bits per heavy atom. The van der Waals surface area contributed by atoms with Crippen molar-refractivity contribution >= 4 is 71.1 Å². The van der Waals surface area contributed by atoms with Gasteiger partial charge >= 0.3 is 0 Å². The van der Waals surface area contributed by atoms with Gasteiger partial charge < -0.3 is 13.7 Å². The van der Waals surface area contributed by atoms with Gasteiger partial charge in [0.1, 0.15) is 6.07 Å². The van der Waals surface area contributed by atoms with E-state index in [0.29, 0.717) is 11.3 Å². The molecule has 8 aromatic carbocycles. The average Bonchev–Trinajstić information content (AvgIpc) is 3.89. The van der Waals surface area contributed by atoms with Crippen molar-refractivity contribution in [2.24, 2.45) is 0 Å². The van der Waals surface area contributed by atoms with Crippen LogP contribution in [0.15, 0.2) is 176 Å². The smallest absolute Gasteiger partial charge is 0.188 e. The first kappa shape index (κ1) is 30.7. The Kier molecular flexibility index (Phi) is 6.61. The van der Waals surface area contributed by atoms with E-state index in [-0.39, 0.29) is 0 Å². The predicted octanol–water partition coefficient (Wildman–Crippen LogP) is 13.1. The molecule has 11 rings (SSSR count). The highest BCUT2D eigenvalue weighted by Gasteiger charge is 2.23. The van der Waals surface area contributed by atoms with Crippen molar-refractivity contribution < 1.29 is 0 Å². The molecule has 5 heteroatoms. The quantitative estimate of drug-likeness (QED) is 0.169. The summed E-state index contributed by atoms with van der Waals surface area (Å²) in [5.74, 6) is 0. The number of benzene rings is 8. The highest BCUT2D eigenvalue weighted by molar-refractivity contribution is 6.17. The molecule has 55 heavy (non-hydrogen) atoms. The third-order valence-electron chi connectivity index (χ3n) is 11.1. The standard InChI is InChI=1S/C50H29N5/c1-52-34-27-28-46-41(30-34)49-47(54-44-23-8-4-18-39(44)40-19-5-9-24-45(40)54)25-12-26-48(49)55(46)50-33(31-51)14-11-20-36(50)32-13-10-15-35(29-32)53-42-21-6-2-16-37(42)38-17-3-7-22-43(38)53/h2-30H. The Morgan fingerprint density at radius 3 is 1.62 bits per heavy atom. The maximum atomic E-state index is 10.8. The van der Waals surface area contributed by atoms with Gasteiger partial charge in [0, 0.05) is 38.2 Å². The summed E-state index contributed by atoms with van der Waals surface area (Å²) in [5, 5.41) is 17.5. The summed E-state index contributed by atoms with van der Waals surface area (Å²) in [6.45, 7) is 7.96. The zero-order valence-electron chi connectivity index (χ0n) is 29.5. The maximum absolute atomic E-state index is 10.8. The normalized spacial score (nSPS) is 11.6. The van der Waals surface area contributed by atoms with Crippen LogP contribution in [0, 0.1) is 17.9 Å². The summed E-state index contributed by atoms with van der Waals surface area (Å²) < 4.78 is 6.90. The van der Waals surface area contributed by atoms with Gasteiger partial charge in [0.15, 0.2) is 5.69 Å². The summed E-state index contributed by atoms with van der Waals surface area (Å²) in [6.07, 6.45) is 0. The van der Waals surface area contributed by atoms with Crippen LogP contribution in [0.5, 0.6) is 0 Å². The van der Waals surface area contributed by atoms with Crippen LogP contribution < -0.4 is 0 Å². The molecule has 0 aliphatic heterocycles. The molecule has 0 aliphatic carbocycles. The molecular formula is C50H29N5. The minimum absolute atomic E-state index is 0.565. The van der Waals surface area contributed by atoms with Crippen LogP contribution >= 0.6 is 0 Å². The molecule has 3 heterocycles. The van der Waals surface area contributed by atoms with E-state index in [9.17, 15) is 5.26 Å². The number of nitrogens with zero attached hydrogens (tertiary/aromatic N) is 5. The van der Waals surface area contributed by atoms with Crippen molar-refractivity contribution in [1.82, 2.24) is 13.7 Å². The van der Waals surface area contributed by atoms with E-state index in [2.05, 4.69) is 170 Å². The molecule has 254 valence electrons. The minimum Gasteiger partial charge on any atom is -0.309 e. The van der Waals surface area contributed by atoms with Gasteiger partial charge in [-0.3, -0.25) is 0 Å². The Labute approximate surface area is 316 Å². The van der Waals surface area contributed by atoms with E-state index < -0.39 is 0 Å². The predicted molar refractivity (Wildman–Crippen MR) is 226 cm³/mol. The van der Waals surface area contributed by atoms with Gasteiger partial charge in [-0.1, -0.05) is 109 Å². The number of nitriles is 1.